The van der Waals surface area contributed by atoms with E-state index in [1.54, 1.807) is 22.7 Å². The van der Waals surface area contributed by atoms with Gasteiger partial charge in [-0.25, -0.2) is 0 Å². The molecule has 0 unspecified atom stereocenters. The number of carbonyl (C=O) groups excluding carboxylic acids is 1. The number of rotatable bonds is 4. The number of aryl methyl sites for hydroxylation is 1. The van der Waals surface area contributed by atoms with E-state index in [-0.39, 0.29) is 0 Å². The molecular formula is C11H10OS2. The van der Waals surface area contributed by atoms with Crippen LogP contribution in [0.4, 0.5) is 0 Å². The van der Waals surface area contributed by atoms with Crippen molar-refractivity contribution in [1.82, 2.24) is 0 Å². The molecule has 72 valence electrons. The van der Waals surface area contributed by atoms with E-state index in [4.69, 9.17) is 0 Å². The van der Waals surface area contributed by atoms with Crippen molar-refractivity contribution in [2.24, 2.45) is 0 Å². The second kappa shape index (κ2) is 4.53. The Balaban J connectivity index is 2.14. The van der Waals surface area contributed by atoms with Gasteiger partial charge in [0, 0.05) is 21.1 Å². The lowest BCUT2D eigenvalue weighted by Crippen LogP contribution is -1.79. The van der Waals surface area contributed by atoms with Crippen LogP contribution in [0.1, 0.15) is 11.3 Å². The van der Waals surface area contributed by atoms with E-state index >= 15 is 0 Å². The minimum atomic E-state index is 0.629. The van der Waals surface area contributed by atoms with Crippen molar-refractivity contribution >= 4 is 29.0 Å². The van der Waals surface area contributed by atoms with Gasteiger partial charge < -0.3 is 4.79 Å². The average Bonchev–Trinajstić information content (AvgIpc) is 2.85. The standard InChI is InChI=1S/C11H10OS2/c12-7-1-3-9-5-6-11(14-9)10-4-2-8-13-10/h2,4-8H,1,3H2. The maximum absolute atomic E-state index is 10.2. The molecule has 0 atom stereocenters. The lowest BCUT2D eigenvalue weighted by molar-refractivity contribution is -0.107. The van der Waals surface area contributed by atoms with Crippen molar-refractivity contribution in [3.63, 3.8) is 0 Å². The molecule has 0 aliphatic rings. The first kappa shape index (κ1) is 9.62. The Hall–Kier alpha value is -0.930. The van der Waals surface area contributed by atoms with Gasteiger partial charge in [-0.15, -0.1) is 22.7 Å². The molecule has 0 fully saturated rings. The summed E-state index contributed by atoms with van der Waals surface area (Å²) < 4.78 is 0. The fourth-order valence-corrected chi connectivity index (χ4v) is 3.12. The van der Waals surface area contributed by atoms with Gasteiger partial charge in [0.1, 0.15) is 6.29 Å². The van der Waals surface area contributed by atoms with Crippen LogP contribution in [-0.2, 0) is 11.2 Å². The molecule has 2 heterocycles. The van der Waals surface area contributed by atoms with E-state index in [9.17, 15) is 4.79 Å². The minimum absolute atomic E-state index is 0.629. The Morgan fingerprint density at radius 3 is 2.86 bits per heavy atom. The fraction of sp³-hybridized carbons (Fsp3) is 0.182. The van der Waals surface area contributed by atoms with E-state index in [0.29, 0.717) is 6.42 Å². The van der Waals surface area contributed by atoms with Crippen LogP contribution in [0.3, 0.4) is 0 Å². The Bertz CT molecular complexity index is 401. The summed E-state index contributed by atoms with van der Waals surface area (Å²) in [5.74, 6) is 0. The Labute approximate surface area is 91.0 Å². The Morgan fingerprint density at radius 2 is 2.14 bits per heavy atom. The van der Waals surface area contributed by atoms with Crippen LogP contribution in [-0.4, -0.2) is 6.29 Å². The monoisotopic (exact) mass is 222 g/mol. The zero-order valence-electron chi connectivity index (χ0n) is 7.60. The number of hydrogen-bond donors (Lipinski definition) is 0. The molecule has 0 saturated heterocycles. The maximum Gasteiger partial charge on any atom is 0.120 e. The molecule has 0 aromatic carbocycles. The quantitative estimate of drug-likeness (QED) is 0.722. The molecule has 0 aliphatic heterocycles. The first-order valence-corrected chi connectivity index (χ1v) is 6.16. The van der Waals surface area contributed by atoms with Crippen molar-refractivity contribution in [3.05, 3.63) is 34.5 Å². The third kappa shape index (κ3) is 2.11. The molecule has 2 aromatic rings. The molecular weight excluding hydrogens is 212 g/mol. The summed E-state index contributed by atoms with van der Waals surface area (Å²) in [6.07, 6.45) is 2.48. The van der Waals surface area contributed by atoms with Crippen molar-refractivity contribution in [3.8, 4) is 9.75 Å². The summed E-state index contributed by atoms with van der Waals surface area (Å²) in [6, 6.07) is 8.44. The minimum Gasteiger partial charge on any atom is -0.303 e. The van der Waals surface area contributed by atoms with Gasteiger partial charge in [-0.3, -0.25) is 0 Å². The third-order valence-electron chi connectivity index (χ3n) is 1.93. The first-order chi connectivity index (χ1) is 6.90. The second-order valence-corrected chi connectivity index (χ2v) is 5.06. The fourth-order valence-electron chi connectivity index (χ4n) is 1.26. The van der Waals surface area contributed by atoms with Crippen molar-refractivity contribution in [1.29, 1.82) is 0 Å². The molecule has 0 radical (unpaired) electrons. The summed E-state index contributed by atoms with van der Waals surface area (Å²) in [5, 5.41) is 2.08. The average molecular weight is 222 g/mol. The third-order valence-corrected chi connectivity index (χ3v) is 4.14. The molecule has 3 heteroatoms. The van der Waals surface area contributed by atoms with Crippen LogP contribution in [0.15, 0.2) is 29.6 Å². The highest BCUT2D eigenvalue weighted by Crippen LogP contribution is 2.31. The van der Waals surface area contributed by atoms with Crippen LogP contribution in [0.5, 0.6) is 0 Å². The van der Waals surface area contributed by atoms with E-state index in [1.807, 2.05) is 0 Å². The van der Waals surface area contributed by atoms with E-state index < -0.39 is 0 Å². The lowest BCUT2D eigenvalue weighted by atomic mass is 10.3. The summed E-state index contributed by atoms with van der Waals surface area (Å²) >= 11 is 3.54. The predicted octanol–water partition coefficient (Wildman–Crippen LogP) is 3.61. The predicted molar refractivity (Wildman–Crippen MR) is 62.0 cm³/mol. The second-order valence-electron chi connectivity index (χ2n) is 2.95. The molecule has 0 bridgehead atoms. The van der Waals surface area contributed by atoms with Gasteiger partial charge in [0.2, 0.25) is 0 Å². The molecule has 0 saturated carbocycles. The zero-order valence-corrected chi connectivity index (χ0v) is 9.24. The smallest absolute Gasteiger partial charge is 0.120 e. The van der Waals surface area contributed by atoms with Crippen molar-refractivity contribution in [2.45, 2.75) is 12.8 Å². The number of thiophene rings is 2. The van der Waals surface area contributed by atoms with Crippen LogP contribution >= 0.6 is 22.7 Å². The lowest BCUT2D eigenvalue weighted by Gasteiger charge is -1.89. The van der Waals surface area contributed by atoms with Gasteiger partial charge in [-0.05, 0) is 30.0 Å². The molecule has 2 aromatic heterocycles. The largest absolute Gasteiger partial charge is 0.303 e. The van der Waals surface area contributed by atoms with Crippen molar-refractivity contribution in [2.75, 3.05) is 0 Å². The van der Waals surface area contributed by atoms with E-state index in [2.05, 4.69) is 29.6 Å². The topological polar surface area (TPSA) is 17.1 Å². The Morgan fingerprint density at radius 1 is 1.21 bits per heavy atom. The van der Waals surface area contributed by atoms with Gasteiger partial charge in [0.05, 0.1) is 0 Å². The van der Waals surface area contributed by atoms with Crippen LogP contribution in [0.25, 0.3) is 9.75 Å². The van der Waals surface area contributed by atoms with Crippen LogP contribution in [0, 0.1) is 0 Å². The van der Waals surface area contributed by atoms with Gasteiger partial charge in [0.15, 0.2) is 0 Å². The number of hydrogen-bond acceptors (Lipinski definition) is 3. The zero-order chi connectivity index (χ0) is 9.80. The molecule has 0 aliphatic carbocycles. The van der Waals surface area contributed by atoms with Gasteiger partial charge >= 0.3 is 0 Å². The number of carbonyl (C=O) groups is 1. The normalized spacial score (nSPS) is 10.3. The van der Waals surface area contributed by atoms with Gasteiger partial charge in [-0.1, -0.05) is 6.07 Å². The molecule has 0 amide bonds. The summed E-state index contributed by atoms with van der Waals surface area (Å²) in [6.45, 7) is 0. The highest BCUT2D eigenvalue weighted by Gasteiger charge is 2.02. The maximum atomic E-state index is 10.2. The van der Waals surface area contributed by atoms with Crippen molar-refractivity contribution < 1.29 is 4.79 Å². The van der Waals surface area contributed by atoms with Gasteiger partial charge in [-0.2, -0.15) is 0 Å². The summed E-state index contributed by atoms with van der Waals surface area (Å²) in [5.41, 5.74) is 0. The SMILES string of the molecule is O=CCCc1ccc(-c2cccs2)s1. The van der Waals surface area contributed by atoms with Crippen LogP contribution in [0.2, 0.25) is 0 Å². The highest BCUT2D eigenvalue weighted by molar-refractivity contribution is 7.21. The number of aldehydes is 1. The molecule has 2 rings (SSSR count). The molecule has 1 nitrogen and oxygen atoms in total. The van der Waals surface area contributed by atoms with E-state index in [0.717, 1.165) is 12.7 Å². The molecule has 0 spiro atoms. The summed E-state index contributed by atoms with van der Waals surface area (Å²) in [4.78, 5) is 14.1. The first-order valence-electron chi connectivity index (χ1n) is 4.46. The molecule has 14 heavy (non-hydrogen) atoms. The summed E-state index contributed by atoms with van der Waals surface area (Å²) in [7, 11) is 0. The molecule has 0 N–H and O–H groups in total. The highest BCUT2D eigenvalue weighted by atomic mass is 32.1. The Kier molecular flexibility index (Phi) is 3.11. The van der Waals surface area contributed by atoms with E-state index in [1.165, 1.54) is 14.6 Å². The van der Waals surface area contributed by atoms with Gasteiger partial charge in [0.25, 0.3) is 0 Å². The van der Waals surface area contributed by atoms with Crippen LogP contribution < -0.4 is 0 Å².